The Hall–Kier alpha value is -3.07. The van der Waals surface area contributed by atoms with Gasteiger partial charge in [0.25, 0.3) is 7.82 Å². The van der Waals surface area contributed by atoms with Crippen LogP contribution in [-0.4, -0.2) is 69.4 Å². The van der Waals surface area contributed by atoms with Gasteiger partial charge in [0.15, 0.2) is 0 Å². The molecule has 0 bridgehead atoms. The number of nitrogens with one attached hydrogen (secondary N) is 1. The first-order valence-corrected chi connectivity index (χ1v) is 31.0. The van der Waals surface area contributed by atoms with Gasteiger partial charge in [0.2, 0.25) is 5.91 Å². The topological polar surface area (TPSA) is 114 Å². The first-order chi connectivity index (χ1) is 35.4. The lowest BCUT2D eigenvalue weighted by Crippen LogP contribution is -2.47. The van der Waals surface area contributed by atoms with Crippen LogP contribution < -0.4 is 10.2 Å². The Morgan fingerprint density at radius 2 is 0.877 bits per heavy atom. The third-order valence-corrected chi connectivity index (χ3v) is 13.5. The van der Waals surface area contributed by atoms with E-state index >= 15 is 0 Å². The molecule has 3 unspecified atom stereocenters. The summed E-state index contributed by atoms with van der Waals surface area (Å²) in [5, 5.41) is 3.01. The number of carbonyl (C=O) groups excluding carboxylic acids is 2. The molecule has 10 heteroatoms. The van der Waals surface area contributed by atoms with Crippen LogP contribution >= 0.6 is 7.82 Å². The average Bonchev–Trinajstić information content (AvgIpc) is 3.35. The number of unbranched alkanes of at least 4 members (excludes halogenated alkanes) is 22. The summed E-state index contributed by atoms with van der Waals surface area (Å²) >= 11 is 0. The molecule has 3 atom stereocenters. The van der Waals surface area contributed by atoms with Crippen molar-refractivity contribution in [2.24, 2.45) is 0 Å². The number of phosphoric acid groups is 1. The largest absolute Gasteiger partial charge is 0.756 e. The number of likely N-dealkylation sites (N-methyl/N-ethyl adjacent to an activating group) is 1. The van der Waals surface area contributed by atoms with E-state index in [4.69, 9.17) is 13.8 Å². The van der Waals surface area contributed by atoms with Crippen LogP contribution in [0.2, 0.25) is 0 Å². The molecule has 0 fully saturated rings. The molecule has 420 valence electrons. The zero-order chi connectivity index (χ0) is 53.6. The molecule has 0 spiro atoms. The molecule has 1 N–H and O–H groups in total. The second-order valence-corrected chi connectivity index (χ2v) is 22.1. The summed E-state index contributed by atoms with van der Waals surface area (Å²) in [7, 11) is 1.15. The second-order valence-electron chi connectivity index (χ2n) is 20.7. The van der Waals surface area contributed by atoms with E-state index in [9.17, 15) is 19.0 Å². The summed E-state index contributed by atoms with van der Waals surface area (Å²) in [5.74, 6) is -0.578. The number of hydrogen-bond acceptors (Lipinski definition) is 7. The first kappa shape index (κ1) is 69.9. The van der Waals surface area contributed by atoms with Crippen LogP contribution in [-0.2, 0) is 27.9 Å². The van der Waals surface area contributed by atoms with Crippen LogP contribution in [0.1, 0.15) is 239 Å². The highest BCUT2D eigenvalue weighted by atomic mass is 31.2. The van der Waals surface area contributed by atoms with Gasteiger partial charge < -0.3 is 28.5 Å². The molecule has 0 radical (unpaired) electrons. The van der Waals surface area contributed by atoms with Crippen LogP contribution in [0.3, 0.4) is 0 Å². The monoisotopic (exact) mass is 1040 g/mol. The fraction of sp³-hybridized carbons (Fsp3) is 0.714. The fourth-order valence-corrected chi connectivity index (χ4v) is 8.72. The zero-order valence-electron chi connectivity index (χ0n) is 47.8. The van der Waals surface area contributed by atoms with Crippen molar-refractivity contribution in [2.75, 3.05) is 40.9 Å². The van der Waals surface area contributed by atoms with Crippen LogP contribution in [0.25, 0.3) is 0 Å². The van der Waals surface area contributed by atoms with Crippen LogP contribution in [0, 0.1) is 0 Å². The average molecular weight is 1040 g/mol. The van der Waals surface area contributed by atoms with Crippen LogP contribution in [0.4, 0.5) is 0 Å². The number of esters is 1. The third kappa shape index (κ3) is 53.6. The predicted molar refractivity (Wildman–Crippen MR) is 311 cm³/mol. The van der Waals surface area contributed by atoms with E-state index in [-0.39, 0.29) is 24.9 Å². The van der Waals surface area contributed by atoms with Crippen molar-refractivity contribution >= 4 is 19.7 Å². The molecule has 0 heterocycles. The van der Waals surface area contributed by atoms with Gasteiger partial charge in [-0.25, -0.2) is 0 Å². The molecule has 0 aromatic heterocycles. The van der Waals surface area contributed by atoms with E-state index in [1.807, 2.05) is 33.3 Å². The van der Waals surface area contributed by atoms with Crippen molar-refractivity contribution in [3.63, 3.8) is 0 Å². The number of amides is 1. The summed E-state index contributed by atoms with van der Waals surface area (Å²) in [6.07, 6.45) is 69.4. The van der Waals surface area contributed by atoms with E-state index in [0.29, 0.717) is 23.9 Å². The van der Waals surface area contributed by atoms with E-state index in [2.05, 4.69) is 111 Å². The first-order valence-electron chi connectivity index (χ1n) is 29.5. The lowest BCUT2D eigenvalue weighted by molar-refractivity contribution is -0.870. The summed E-state index contributed by atoms with van der Waals surface area (Å²) < 4.78 is 30.2. The van der Waals surface area contributed by atoms with Crippen molar-refractivity contribution in [1.82, 2.24) is 5.32 Å². The Morgan fingerprint density at radius 1 is 0.493 bits per heavy atom. The van der Waals surface area contributed by atoms with Gasteiger partial charge in [0.1, 0.15) is 19.3 Å². The summed E-state index contributed by atoms with van der Waals surface area (Å²) in [5.41, 5.74) is 0. The molecule has 0 saturated heterocycles. The Labute approximate surface area is 449 Å². The highest BCUT2D eigenvalue weighted by molar-refractivity contribution is 7.45. The molecule has 1 amide bonds. The molecule has 0 aromatic rings. The predicted octanol–water partition coefficient (Wildman–Crippen LogP) is 17.4. The van der Waals surface area contributed by atoms with Crippen LogP contribution in [0.5, 0.6) is 0 Å². The van der Waals surface area contributed by atoms with E-state index < -0.39 is 26.6 Å². The minimum absolute atomic E-state index is 0.0319. The van der Waals surface area contributed by atoms with E-state index in [1.54, 1.807) is 0 Å². The Bertz CT molecular complexity index is 1570. The van der Waals surface area contributed by atoms with Gasteiger partial charge in [-0.1, -0.05) is 221 Å². The van der Waals surface area contributed by atoms with E-state index in [1.165, 1.54) is 70.6 Å². The van der Waals surface area contributed by atoms with Gasteiger partial charge in [0.05, 0.1) is 33.8 Å². The molecular weight excluding hydrogens is 928 g/mol. The highest BCUT2D eigenvalue weighted by Gasteiger charge is 2.27. The molecule has 9 nitrogen and oxygen atoms in total. The van der Waals surface area contributed by atoms with Crippen molar-refractivity contribution in [3.8, 4) is 0 Å². The van der Waals surface area contributed by atoms with Gasteiger partial charge in [-0.3, -0.25) is 14.2 Å². The minimum atomic E-state index is -4.71. The molecule has 0 aliphatic heterocycles. The maximum atomic E-state index is 13.5. The quantitative estimate of drug-likeness (QED) is 0.0212. The molecule has 0 aliphatic rings. The Balaban J connectivity index is 5.33. The van der Waals surface area contributed by atoms with Crippen molar-refractivity contribution in [2.45, 2.75) is 251 Å². The number of rotatable bonds is 52. The van der Waals surface area contributed by atoms with Crippen molar-refractivity contribution < 1.29 is 37.3 Å². The molecule has 0 aliphatic carbocycles. The summed E-state index contributed by atoms with van der Waals surface area (Å²) in [6.45, 7) is 6.59. The van der Waals surface area contributed by atoms with Crippen LogP contribution in [0.15, 0.2) is 97.2 Å². The lowest BCUT2D eigenvalue weighted by Gasteiger charge is -2.30. The molecular formula is C63H111N2O7P. The number of quaternary nitrogens is 1. The number of phosphoric ester groups is 1. The highest BCUT2D eigenvalue weighted by Crippen LogP contribution is 2.38. The standard InChI is InChI=1S/C63H111N2O7P/c1-7-10-13-16-19-22-25-28-30-31-32-33-34-35-36-38-41-44-47-50-53-56-63(67)72-61(54-51-48-45-42-39-27-24-21-18-15-12-9-3)60(59-71-73(68,69)70-58-57-65(4,5)6)64-62(66)55-52-49-46-43-40-37-29-26-23-20-17-14-11-8-2/h10-11,13-14,19-20,22-23,28,30,32-33,35-36,51,54,60-61H,7-9,12,15-18,21,24-27,29,31,34,37-50,52-53,55-59H2,1-6H3,(H-,64,66,68,69)/b13-10-,14-11+,22-19-,23-20+,30-28-,33-32-,36-35-,54-51-. The number of hydrogen-bond donors (Lipinski definition) is 1. The molecule has 0 saturated carbocycles. The molecule has 0 rings (SSSR count). The number of allylic oxidation sites excluding steroid dienone is 15. The maximum Gasteiger partial charge on any atom is 0.306 e. The Kier molecular flexibility index (Phi) is 50.2. The second kappa shape index (κ2) is 52.4. The Morgan fingerprint density at radius 3 is 1.32 bits per heavy atom. The SMILES string of the molecule is CC/C=C\C/C=C\C/C=C\C/C=C\C/C=C\CCCCCCCC(=O)OC(/C=C\CCCCCCCCCCCC)C(COP(=O)([O-])OCC[N+](C)(C)C)NC(=O)CCCCCCCCC/C=C/C/C=C/CC. The minimum Gasteiger partial charge on any atom is -0.756 e. The zero-order valence-corrected chi connectivity index (χ0v) is 48.7. The normalized spacial score (nSPS) is 14.5. The molecule has 0 aromatic carbocycles. The summed E-state index contributed by atoms with van der Waals surface area (Å²) in [6, 6.07) is -0.905. The van der Waals surface area contributed by atoms with Gasteiger partial charge in [0, 0.05) is 12.8 Å². The van der Waals surface area contributed by atoms with Gasteiger partial charge in [-0.05, 0) is 102 Å². The van der Waals surface area contributed by atoms with Gasteiger partial charge >= 0.3 is 5.97 Å². The van der Waals surface area contributed by atoms with E-state index in [0.717, 1.165) is 128 Å². The van der Waals surface area contributed by atoms with Gasteiger partial charge in [-0.2, -0.15) is 0 Å². The van der Waals surface area contributed by atoms with Crippen molar-refractivity contribution in [3.05, 3.63) is 97.2 Å². The summed E-state index contributed by atoms with van der Waals surface area (Å²) in [4.78, 5) is 39.9. The third-order valence-electron chi connectivity index (χ3n) is 12.5. The number of carbonyl (C=O) groups is 2. The van der Waals surface area contributed by atoms with Gasteiger partial charge in [-0.15, -0.1) is 0 Å². The molecule has 73 heavy (non-hydrogen) atoms. The fourth-order valence-electron chi connectivity index (χ4n) is 8.00. The number of ether oxygens (including phenoxy) is 1. The number of nitrogens with zero attached hydrogens (tertiary/aromatic N) is 1. The van der Waals surface area contributed by atoms with Crippen molar-refractivity contribution in [1.29, 1.82) is 0 Å². The maximum absolute atomic E-state index is 13.5. The smallest absolute Gasteiger partial charge is 0.306 e. The lowest BCUT2D eigenvalue weighted by atomic mass is 10.0.